The number of hydrogen-bond donors (Lipinski definition) is 1. The predicted molar refractivity (Wildman–Crippen MR) is 39.5 cm³/mol. The predicted octanol–water partition coefficient (Wildman–Crippen LogP) is 1.19. The summed E-state index contributed by atoms with van der Waals surface area (Å²) in [6.45, 7) is 0. The smallest absolute Gasteiger partial charge is 0.174 e. The van der Waals surface area contributed by atoms with Crippen molar-refractivity contribution in [1.29, 1.82) is 0 Å². The van der Waals surface area contributed by atoms with E-state index in [0.717, 1.165) is 16.7 Å². The van der Waals surface area contributed by atoms with E-state index in [4.69, 9.17) is 5.73 Å². The first-order chi connectivity index (χ1) is 5.68. The molecule has 2 heterocycles. The van der Waals surface area contributed by atoms with E-state index < -0.39 is 11.6 Å². The van der Waals surface area contributed by atoms with Crippen molar-refractivity contribution >= 4 is 11.5 Å². The molecule has 0 atom stereocenters. The van der Waals surface area contributed by atoms with E-state index in [2.05, 4.69) is 4.98 Å². The highest BCUT2D eigenvalue weighted by Gasteiger charge is 2.06. The number of pyridine rings is 1. The van der Waals surface area contributed by atoms with Crippen molar-refractivity contribution in [2.24, 2.45) is 0 Å². The Kier molecular flexibility index (Phi) is 1.27. The monoisotopic (exact) mass is 169 g/mol. The SMILES string of the molecule is Nc1cnc2c(F)cc(F)cn12. The van der Waals surface area contributed by atoms with Crippen LogP contribution in [0.15, 0.2) is 18.5 Å². The van der Waals surface area contributed by atoms with Crippen LogP contribution in [0.1, 0.15) is 0 Å². The van der Waals surface area contributed by atoms with Gasteiger partial charge in [-0.3, -0.25) is 4.40 Å². The average molecular weight is 169 g/mol. The van der Waals surface area contributed by atoms with Crippen molar-refractivity contribution in [1.82, 2.24) is 9.38 Å². The Morgan fingerprint density at radius 1 is 1.42 bits per heavy atom. The number of aromatic nitrogens is 2. The molecule has 2 N–H and O–H groups in total. The second-order valence-corrected chi connectivity index (χ2v) is 2.38. The Morgan fingerprint density at radius 3 is 2.92 bits per heavy atom. The van der Waals surface area contributed by atoms with E-state index in [-0.39, 0.29) is 11.5 Å². The van der Waals surface area contributed by atoms with Crippen LogP contribution in [0.2, 0.25) is 0 Å². The summed E-state index contributed by atoms with van der Waals surface area (Å²) in [6, 6.07) is 0.766. The third-order valence-electron chi connectivity index (χ3n) is 1.56. The van der Waals surface area contributed by atoms with Gasteiger partial charge in [0.1, 0.15) is 11.6 Å². The summed E-state index contributed by atoms with van der Waals surface area (Å²) in [5, 5.41) is 0. The van der Waals surface area contributed by atoms with Gasteiger partial charge >= 0.3 is 0 Å². The summed E-state index contributed by atoms with van der Waals surface area (Å²) < 4.78 is 26.6. The van der Waals surface area contributed by atoms with Crippen LogP contribution in [0.3, 0.4) is 0 Å². The lowest BCUT2D eigenvalue weighted by Gasteiger charge is -1.96. The van der Waals surface area contributed by atoms with Crippen LogP contribution < -0.4 is 5.73 Å². The molecule has 3 nitrogen and oxygen atoms in total. The molecule has 0 aliphatic carbocycles. The number of nitrogen functional groups attached to an aromatic ring is 1. The highest BCUT2D eigenvalue weighted by atomic mass is 19.1. The van der Waals surface area contributed by atoms with Crippen molar-refractivity contribution in [3.8, 4) is 0 Å². The van der Waals surface area contributed by atoms with Crippen molar-refractivity contribution in [2.75, 3.05) is 5.73 Å². The third kappa shape index (κ3) is 0.827. The quantitative estimate of drug-likeness (QED) is 0.643. The second-order valence-electron chi connectivity index (χ2n) is 2.38. The zero-order chi connectivity index (χ0) is 8.72. The fourth-order valence-corrected chi connectivity index (χ4v) is 1.03. The lowest BCUT2D eigenvalue weighted by Crippen LogP contribution is -1.95. The summed E-state index contributed by atoms with van der Waals surface area (Å²) in [5.41, 5.74) is 5.42. The molecule has 0 amide bonds. The summed E-state index contributed by atoms with van der Waals surface area (Å²) >= 11 is 0. The number of rotatable bonds is 0. The van der Waals surface area contributed by atoms with Crippen LogP contribution in [-0.2, 0) is 0 Å². The third-order valence-corrected chi connectivity index (χ3v) is 1.56. The van der Waals surface area contributed by atoms with Crippen LogP contribution >= 0.6 is 0 Å². The molecule has 0 saturated heterocycles. The lowest BCUT2D eigenvalue weighted by atomic mass is 10.4. The van der Waals surface area contributed by atoms with Gasteiger partial charge in [-0.15, -0.1) is 0 Å². The average Bonchev–Trinajstić information content (AvgIpc) is 2.33. The summed E-state index contributed by atoms with van der Waals surface area (Å²) in [4.78, 5) is 3.66. The normalized spacial score (nSPS) is 10.8. The zero-order valence-electron chi connectivity index (χ0n) is 5.96. The van der Waals surface area contributed by atoms with Gasteiger partial charge in [0.25, 0.3) is 0 Å². The van der Waals surface area contributed by atoms with Crippen molar-refractivity contribution in [3.05, 3.63) is 30.1 Å². The van der Waals surface area contributed by atoms with Gasteiger partial charge in [-0.25, -0.2) is 13.8 Å². The maximum atomic E-state index is 12.9. The molecule has 2 rings (SSSR count). The summed E-state index contributed by atoms with van der Waals surface area (Å²) in [6.07, 6.45) is 2.36. The van der Waals surface area contributed by atoms with E-state index in [1.54, 1.807) is 0 Å². The Hall–Kier alpha value is -1.65. The Morgan fingerprint density at radius 2 is 2.17 bits per heavy atom. The molecule has 0 aromatic carbocycles. The molecule has 12 heavy (non-hydrogen) atoms. The van der Waals surface area contributed by atoms with Gasteiger partial charge in [-0.05, 0) is 0 Å². The molecular weight excluding hydrogens is 164 g/mol. The maximum Gasteiger partial charge on any atom is 0.174 e. The van der Waals surface area contributed by atoms with Gasteiger partial charge in [-0.2, -0.15) is 0 Å². The van der Waals surface area contributed by atoms with Gasteiger partial charge in [0.15, 0.2) is 11.5 Å². The molecule has 0 fully saturated rings. The number of fused-ring (bicyclic) bond motifs is 1. The van der Waals surface area contributed by atoms with Gasteiger partial charge in [0, 0.05) is 12.3 Å². The van der Waals surface area contributed by atoms with Gasteiger partial charge in [0.2, 0.25) is 0 Å². The van der Waals surface area contributed by atoms with Crippen molar-refractivity contribution in [2.45, 2.75) is 0 Å². The van der Waals surface area contributed by atoms with Crippen LogP contribution in [0.25, 0.3) is 5.65 Å². The number of anilines is 1. The molecular formula is C7H5F2N3. The largest absolute Gasteiger partial charge is 0.383 e. The maximum absolute atomic E-state index is 12.9. The van der Waals surface area contributed by atoms with Crippen molar-refractivity contribution < 1.29 is 8.78 Å². The van der Waals surface area contributed by atoms with Crippen LogP contribution in [0, 0.1) is 11.6 Å². The molecule has 2 aromatic rings. The minimum atomic E-state index is -0.716. The molecule has 0 saturated carbocycles. The van der Waals surface area contributed by atoms with E-state index in [1.807, 2.05) is 0 Å². The Labute approximate surface area is 66.4 Å². The van der Waals surface area contributed by atoms with E-state index >= 15 is 0 Å². The van der Waals surface area contributed by atoms with Crippen molar-refractivity contribution in [3.63, 3.8) is 0 Å². The Balaban J connectivity index is 2.92. The minimum absolute atomic E-state index is 0.0360. The fourth-order valence-electron chi connectivity index (χ4n) is 1.03. The molecule has 2 aromatic heterocycles. The lowest BCUT2D eigenvalue weighted by molar-refractivity contribution is 0.577. The molecule has 0 aliphatic rings. The first-order valence-corrected chi connectivity index (χ1v) is 3.26. The number of imidazole rings is 1. The molecule has 0 spiro atoms. The molecule has 0 radical (unpaired) electrons. The Bertz CT molecular complexity index is 435. The number of nitrogens with zero attached hydrogens (tertiary/aromatic N) is 2. The summed E-state index contributed by atoms with van der Waals surface area (Å²) in [5.74, 6) is -1.18. The zero-order valence-corrected chi connectivity index (χ0v) is 5.96. The molecule has 5 heteroatoms. The highest BCUT2D eigenvalue weighted by molar-refractivity contribution is 5.48. The highest BCUT2D eigenvalue weighted by Crippen LogP contribution is 2.13. The van der Waals surface area contributed by atoms with Gasteiger partial charge in [-0.1, -0.05) is 0 Å². The number of halogens is 2. The van der Waals surface area contributed by atoms with E-state index in [0.29, 0.717) is 0 Å². The first-order valence-electron chi connectivity index (χ1n) is 3.26. The van der Waals surface area contributed by atoms with E-state index in [1.165, 1.54) is 6.20 Å². The molecule has 0 unspecified atom stereocenters. The van der Waals surface area contributed by atoms with Gasteiger partial charge < -0.3 is 5.73 Å². The number of hydrogen-bond acceptors (Lipinski definition) is 2. The minimum Gasteiger partial charge on any atom is -0.383 e. The standard InChI is InChI=1S/C7H5F2N3/c8-4-1-5(9)7-11-2-6(10)12(7)3-4/h1-3H,10H2. The molecule has 0 aliphatic heterocycles. The summed E-state index contributed by atoms with van der Waals surface area (Å²) in [7, 11) is 0. The molecule has 0 bridgehead atoms. The number of nitrogens with two attached hydrogens (primary N) is 1. The fraction of sp³-hybridized carbons (Fsp3) is 0. The second kappa shape index (κ2) is 2.17. The molecule has 62 valence electrons. The van der Waals surface area contributed by atoms with Crippen LogP contribution in [-0.4, -0.2) is 9.38 Å². The first kappa shape index (κ1) is 7.02. The van der Waals surface area contributed by atoms with Crippen LogP contribution in [0.4, 0.5) is 14.6 Å². The van der Waals surface area contributed by atoms with E-state index in [9.17, 15) is 8.78 Å². The topological polar surface area (TPSA) is 43.3 Å². The van der Waals surface area contributed by atoms with Crippen LogP contribution in [0.5, 0.6) is 0 Å². The van der Waals surface area contributed by atoms with Gasteiger partial charge in [0.05, 0.1) is 6.20 Å².